The van der Waals surface area contributed by atoms with Crippen molar-refractivity contribution in [1.29, 1.82) is 0 Å². The highest BCUT2D eigenvalue weighted by atomic mass is 16.5. The van der Waals surface area contributed by atoms with Gasteiger partial charge in [0.25, 0.3) is 0 Å². The first kappa shape index (κ1) is 44.5. The third-order valence-corrected chi connectivity index (χ3v) is 9.82. The largest absolute Gasteiger partial charge is 0.480 e. The van der Waals surface area contributed by atoms with Crippen LogP contribution in [-0.2, 0) is 39.9 Å². The second kappa shape index (κ2) is 23.0. The molecule has 9 atom stereocenters. The van der Waals surface area contributed by atoms with Gasteiger partial charge in [0.2, 0.25) is 24.1 Å². The second-order valence-corrected chi connectivity index (χ2v) is 13.7. The number of carboxylic acids is 1. The number of hydrogen-bond acceptors (Lipinski definition) is 8. The third kappa shape index (κ3) is 14.0. The molecule has 0 aliphatic heterocycles. The zero-order chi connectivity index (χ0) is 38.0. The molecule has 1 rings (SSSR count). The number of nitrogens with zero attached hydrogens (tertiary/aromatic N) is 1. The molecule has 0 saturated heterocycles. The van der Waals surface area contributed by atoms with Crippen LogP contribution in [0.4, 0.5) is 0 Å². The van der Waals surface area contributed by atoms with Crippen molar-refractivity contribution in [1.82, 2.24) is 26.2 Å². The lowest BCUT2D eigenvalue weighted by atomic mass is 9.80. The van der Waals surface area contributed by atoms with Gasteiger partial charge in [0.05, 0.1) is 36.8 Å². The molecule has 50 heavy (non-hydrogen) atoms. The highest BCUT2D eigenvalue weighted by molar-refractivity contribution is 5.87. The topological polar surface area (TPSA) is 175 Å². The number of rotatable bonds is 25. The van der Waals surface area contributed by atoms with E-state index in [1.165, 1.54) is 7.11 Å². The lowest BCUT2D eigenvalue weighted by molar-refractivity contribution is -0.144. The predicted octanol–water partition coefficient (Wildman–Crippen LogP) is 2.62. The summed E-state index contributed by atoms with van der Waals surface area (Å²) < 4.78 is 12.1. The minimum absolute atomic E-state index is 0.0117. The predicted molar refractivity (Wildman–Crippen MR) is 193 cm³/mol. The van der Waals surface area contributed by atoms with Crippen LogP contribution in [0, 0.1) is 23.7 Å². The monoisotopic (exact) mass is 705 g/mol. The second-order valence-electron chi connectivity index (χ2n) is 13.7. The first-order valence-corrected chi connectivity index (χ1v) is 17.7. The summed E-state index contributed by atoms with van der Waals surface area (Å²) in [5.41, 5.74) is 0.782. The minimum atomic E-state index is -1.14. The Labute approximate surface area is 299 Å². The van der Waals surface area contributed by atoms with Crippen molar-refractivity contribution < 1.29 is 38.6 Å². The van der Waals surface area contributed by atoms with Gasteiger partial charge < -0.3 is 40.7 Å². The van der Waals surface area contributed by atoms with E-state index >= 15 is 0 Å². The van der Waals surface area contributed by atoms with Gasteiger partial charge in [-0.15, -0.1) is 0 Å². The van der Waals surface area contributed by atoms with E-state index in [1.54, 1.807) is 33.0 Å². The quantitative estimate of drug-likeness (QED) is 0.0958. The molecule has 1 aromatic rings. The summed E-state index contributed by atoms with van der Waals surface area (Å²) in [5, 5.41) is 21.2. The van der Waals surface area contributed by atoms with Gasteiger partial charge >= 0.3 is 5.97 Å². The Hall–Kier alpha value is -3.55. The van der Waals surface area contributed by atoms with Crippen LogP contribution in [0.1, 0.15) is 72.8 Å². The van der Waals surface area contributed by atoms with Gasteiger partial charge in [0.1, 0.15) is 6.04 Å². The molecule has 0 aliphatic carbocycles. The molecule has 0 fully saturated rings. The normalized spacial score (nSPS) is 16.9. The first-order chi connectivity index (χ1) is 23.7. The van der Waals surface area contributed by atoms with E-state index < -0.39 is 42.1 Å². The van der Waals surface area contributed by atoms with Crippen molar-refractivity contribution in [2.45, 2.75) is 110 Å². The molecule has 0 aromatic heterocycles. The number of likely N-dealkylation sites (N-methyl/N-ethyl adjacent to an activating group) is 2. The number of nitrogens with one attached hydrogen (secondary N) is 4. The number of amides is 4. The molecule has 5 N–H and O–H groups in total. The number of methoxy groups -OCH3 is 2. The lowest BCUT2D eigenvalue weighted by Gasteiger charge is -2.41. The van der Waals surface area contributed by atoms with Crippen molar-refractivity contribution in [3.63, 3.8) is 0 Å². The summed E-state index contributed by atoms with van der Waals surface area (Å²) in [6.45, 7) is 11.4. The Bertz CT molecular complexity index is 1190. The number of aliphatic carboxylic acids is 1. The Morgan fingerprint density at radius 1 is 0.960 bits per heavy atom. The molecule has 13 heteroatoms. The summed E-state index contributed by atoms with van der Waals surface area (Å²) >= 11 is 0. The van der Waals surface area contributed by atoms with E-state index in [4.69, 9.17) is 9.47 Å². The summed E-state index contributed by atoms with van der Waals surface area (Å²) in [7, 11) is 6.53. The van der Waals surface area contributed by atoms with Crippen molar-refractivity contribution in [3.8, 4) is 0 Å². The molecule has 9 unspecified atom stereocenters. The molecule has 1 aromatic carbocycles. The van der Waals surface area contributed by atoms with Crippen molar-refractivity contribution in [2.24, 2.45) is 23.7 Å². The van der Waals surface area contributed by atoms with E-state index in [-0.39, 0.29) is 54.6 Å². The van der Waals surface area contributed by atoms with Crippen molar-refractivity contribution in [2.75, 3.05) is 34.9 Å². The van der Waals surface area contributed by atoms with Crippen LogP contribution in [0.3, 0.4) is 0 Å². The zero-order valence-electron chi connectivity index (χ0n) is 31.7. The summed E-state index contributed by atoms with van der Waals surface area (Å²) in [6.07, 6.45) is 1.93. The summed E-state index contributed by atoms with van der Waals surface area (Å²) in [6, 6.07) is 7.00. The fourth-order valence-corrected chi connectivity index (χ4v) is 6.63. The van der Waals surface area contributed by atoms with Crippen LogP contribution in [0.2, 0.25) is 0 Å². The van der Waals surface area contributed by atoms with Crippen LogP contribution < -0.4 is 21.3 Å². The van der Waals surface area contributed by atoms with E-state index in [2.05, 4.69) is 21.3 Å². The van der Waals surface area contributed by atoms with Crippen molar-refractivity contribution >= 4 is 30.1 Å². The Morgan fingerprint density at radius 2 is 1.60 bits per heavy atom. The zero-order valence-corrected chi connectivity index (χ0v) is 31.7. The van der Waals surface area contributed by atoms with Gasteiger partial charge in [-0.1, -0.05) is 71.4 Å². The molecule has 0 radical (unpaired) electrons. The number of hydrogen-bond donors (Lipinski definition) is 5. The molecule has 0 bridgehead atoms. The fourth-order valence-electron chi connectivity index (χ4n) is 6.63. The number of benzene rings is 1. The summed E-state index contributed by atoms with van der Waals surface area (Å²) in [4.78, 5) is 64.9. The highest BCUT2D eigenvalue weighted by Gasteiger charge is 2.39. The molecular weight excluding hydrogens is 642 g/mol. The highest BCUT2D eigenvalue weighted by Crippen LogP contribution is 2.31. The SMILES string of the molecule is CCC(C)C(C(CC(CCC(C)NC=O)C(OC)C(C)C(=O)NC(Cc1ccccc1)C(=O)O)OC)N(C)C(=O)CNC(=O)C(NC)C(C)C. The van der Waals surface area contributed by atoms with E-state index in [1.807, 2.05) is 65.0 Å². The maximum atomic E-state index is 13.6. The molecular formula is C37H63N5O8. The number of ether oxygens (including phenoxy) is 2. The van der Waals surface area contributed by atoms with Crippen LogP contribution >= 0.6 is 0 Å². The maximum Gasteiger partial charge on any atom is 0.326 e. The van der Waals surface area contributed by atoms with Gasteiger partial charge in [-0.3, -0.25) is 19.2 Å². The van der Waals surface area contributed by atoms with E-state index in [9.17, 15) is 29.1 Å². The lowest BCUT2D eigenvalue weighted by Crippen LogP contribution is -2.54. The van der Waals surface area contributed by atoms with E-state index in [0.717, 1.165) is 12.0 Å². The molecule has 4 amide bonds. The van der Waals surface area contributed by atoms with Crippen LogP contribution in [0.15, 0.2) is 30.3 Å². The molecule has 13 nitrogen and oxygen atoms in total. The average molecular weight is 706 g/mol. The Balaban J connectivity index is 3.34. The van der Waals surface area contributed by atoms with Gasteiger partial charge in [0, 0.05) is 33.7 Å². The number of carbonyl (C=O) groups excluding carboxylic acids is 4. The van der Waals surface area contributed by atoms with Crippen LogP contribution in [0.25, 0.3) is 0 Å². The number of carboxylic acid groups (broad SMARTS) is 1. The van der Waals surface area contributed by atoms with Gasteiger partial charge in [-0.2, -0.15) is 0 Å². The van der Waals surface area contributed by atoms with Crippen LogP contribution in [0.5, 0.6) is 0 Å². The summed E-state index contributed by atoms with van der Waals surface area (Å²) in [5.74, 6) is -3.09. The van der Waals surface area contributed by atoms with E-state index in [0.29, 0.717) is 25.7 Å². The fraction of sp³-hybridized carbons (Fsp3) is 0.703. The molecule has 284 valence electrons. The van der Waals surface area contributed by atoms with Gasteiger partial charge in [0.15, 0.2) is 0 Å². The molecule has 0 heterocycles. The third-order valence-electron chi connectivity index (χ3n) is 9.82. The first-order valence-electron chi connectivity index (χ1n) is 17.7. The molecule has 0 aliphatic rings. The molecule has 0 spiro atoms. The smallest absolute Gasteiger partial charge is 0.326 e. The minimum Gasteiger partial charge on any atom is -0.480 e. The molecule has 0 saturated carbocycles. The van der Waals surface area contributed by atoms with Gasteiger partial charge in [-0.05, 0) is 56.6 Å². The van der Waals surface area contributed by atoms with Crippen LogP contribution in [-0.4, -0.2) is 111 Å². The average Bonchev–Trinajstić information content (AvgIpc) is 3.09. The Kier molecular flexibility index (Phi) is 20.5. The Morgan fingerprint density at radius 3 is 2.10 bits per heavy atom. The van der Waals surface area contributed by atoms with Gasteiger partial charge in [-0.25, -0.2) is 4.79 Å². The standard InChI is InChI=1S/C37H63N5O8/c1-11-24(4)33(42(8)31(44)21-39-36(46)32(38-7)23(2)3)30(49-9)20-28(18-17-25(5)40-22-43)34(50-10)26(6)35(45)41-29(37(47)48)19-27-15-13-12-14-16-27/h12-16,22-26,28-30,32-34,38H,11,17-21H2,1-10H3,(H,39,46)(H,40,43)(H,41,45)(H,47,48). The van der Waals surface area contributed by atoms with Crippen molar-refractivity contribution in [3.05, 3.63) is 35.9 Å². The number of carbonyl (C=O) groups is 5. The maximum absolute atomic E-state index is 13.6.